The van der Waals surface area contributed by atoms with E-state index in [9.17, 15) is 14.9 Å². The normalized spacial score (nSPS) is 17.5. The van der Waals surface area contributed by atoms with E-state index < -0.39 is 10.5 Å². The summed E-state index contributed by atoms with van der Waals surface area (Å²) in [6, 6.07) is 4.56. The van der Waals surface area contributed by atoms with Gasteiger partial charge in [0.05, 0.1) is 16.2 Å². The van der Waals surface area contributed by atoms with Gasteiger partial charge in [-0.3, -0.25) is 14.9 Å². The molecule has 1 heterocycles. The molecule has 0 bridgehead atoms. The van der Waals surface area contributed by atoms with E-state index >= 15 is 0 Å². The Morgan fingerprint density at radius 1 is 1.45 bits per heavy atom. The highest BCUT2D eigenvalue weighted by Crippen LogP contribution is 2.27. The van der Waals surface area contributed by atoms with Gasteiger partial charge in [0.25, 0.3) is 5.69 Å². The van der Waals surface area contributed by atoms with Gasteiger partial charge in [0.2, 0.25) is 5.91 Å². The van der Waals surface area contributed by atoms with Crippen LogP contribution in [0.4, 0.5) is 11.4 Å². The summed E-state index contributed by atoms with van der Waals surface area (Å²) >= 11 is 0. The first-order valence-electron chi connectivity index (χ1n) is 6.36. The molecule has 0 saturated carbocycles. The van der Waals surface area contributed by atoms with Gasteiger partial charge in [-0.1, -0.05) is 6.07 Å². The lowest BCUT2D eigenvalue weighted by Gasteiger charge is -2.31. The van der Waals surface area contributed by atoms with Gasteiger partial charge in [-0.05, 0) is 25.8 Å². The number of ether oxygens (including phenoxy) is 1. The molecule has 0 unspecified atom stereocenters. The lowest BCUT2D eigenvalue weighted by atomic mass is 9.90. The molecule has 108 valence electrons. The number of rotatable bonds is 3. The number of amides is 1. The van der Waals surface area contributed by atoms with Gasteiger partial charge in [-0.15, -0.1) is 0 Å². The zero-order valence-electron chi connectivity index (χ0n) is 11.2. The summed E-state index contributed by atoms with van der Waals surface area (Å²) in [6.07, 6.45) is 0.875. The van der Waals surface area contributed by atoms with E-state index in [0.717, 1.165) is 0 Å². The van der Waals surface area contributed by atoms with E-state index in [0.29, 0.717) is 37.3 Å². The molecule has 20 heavy (non-hydrogen) atoms. The third kappa shape index (κ3) is 2.78. The summed E-state index contributed by atoms with van der Waals surface area (Å²) in [7, 11) is 0. The van der Waals surface area contributed by atoms with E-state index in [4.69, 9.17) is 10.5 Å². The average Bonchev–Trinajstić information content (AvgIpc) is 2.41. The molecule has 1 saturated heterocycles. The molecule has 1 aromatic rings. The number of benzene rings is 1. The Balaban J connectivity index is 2.19. The highest BCUT2D eigenvalue weighted by molar-refractivity contribution is 5.98. The maximum absolute atomic E-state index is 12.3. The van der Waals surface area contributed by atoms with Crippen molar-refractivity contribution < 1.29 is 14.5 Å². The number of nitrogens with zero attached hydrogens (tertiary/aromatic N) is 1. The lowest BCUT2D eigenvalue weighted by molar-refractivity contribution is -0.385. The van der Waals surface area contributed by atoms with Crippen LogP contribution in [-0.4, -0.2) is 29.6 Å². The topological polar surface area (TPSA) is 107 Å². The van der Waals surface area contributed by atoms with Crippen LogP contribution in [0.25, 0.3) is 0 Å². The number of nitrogens with two attached hydrogens (primary N) is 1. The highest BCUT2D eigenvalue weighted by atomic mass is 16.6. The Morgan fingerprint density at radius 2 is 2.10 bits per heavy atom. The first-order chi connectivity index (χ1) is 9.44. The third-order valence-corrected chi connectivity index (χ3v) is 3.59. The van der Waals surface area contributed by atoms with E-state index in [-0.39, 0.29) is 11.6 Å². The second kappa shape index (κ2) is 5.56. The average molecular weight is 279 g/mol. The molecule has 7 heteroatoms. The number of hydrogen-bond acceptors (Lipinski definition) is 5. The minimum absolute atomic E-state index is 0.0270. The van der Waals surface area contributed by atoms with Crippen molar-refractivity contribution in [3.8, 4) is 0 Å². The molecule has 0 spiro atoms. The van der Waals surface area contributed by atoms with Crippen LogP contribution >= 0.6 is 0 Å². The number of carbonyl (C=O) groups excluding carboxylic acids is 1. The van der Waals surface area contributed by atoms with Gasteiger partial charge in [0, 0.05) is 19.3 Å². The van der Waals surface area contributed by atoms with Crippen LogP contribution in [0.3, 0.4) is 0 Å². The van der Waals surface area contributed by atoms with E-state index in [1.165, 1.54) is 12.1 Å². The number of carbonyl (C=O) groups is 1. The summed E-state index contributed by atoms with van der Waals surface area (Å²) < 4.78 is 5.19. The Kier molecular flexibility index (Phi) is 4.01. The molecule has 0 radical (unpaired) electrons. The predicted molar refractivity (Wildman–Crippen MR) is 73.4 cm³/mol. The van der Waals surface area contributed by atoms with Crippen LogP contribution in [-0.2, 0) is 9.53 Å². The molecule has 1 aliphatic heterocycles. The zero-order valence-corrected chi connectivity index (χ0v) is 11.2. The maximum atomic E-state index is 12.3. The third-order valence-electron chi connectivity index (χ3n) is 3.59. The largest absolute Gasteiger partial charge is 0.381 e. The molecule has 1 fully saturated rings. The zero-order chi connectivity index (χ0) is 14.8. The summed E-state index contributed by atoms with van der Waals surface area (Å²) in [5, 5.41) is 13.6. The van der Waals surface area contributed by atoms with Crippen LogP contribution < -0.4 is 11.1 Å². The van der Waals surface area contributed by atoms with Gasteiger partial charge < -0.3 is 15.8 Å². The summed E-state index contributed by atoms with van der Waals surface area (Å²) in [5.74, 6) is -0.329. The summed E-state index contributed by atoms with van der Waals surface area (Å²) in [4.78, 5) is 22.7. The second-order valence-corrected chi connectivity index (χ2v) is 4.93. The number of hydrogen-bond donors (Lipinski definition) is 2. The van der Waals surface area contributed by atoms with Crippen molar-refractivity contribution in [2.24, 2.45) is 5.73 Å². The second-order valence-electron chi connectivity index (χ2n) is 4.93. The van der Waals surface area contributed by atoms with Crippen LogP contribution in [0.1, 0.15) is 18.4 Å². The Labute approximate surface area is 116 Å². The van der Waals surface area contributed by atoms with Crippen molar-refractivity contribution in [3.63, 3.8) is 0 Å². The van der Waals surface area contributed by atoms with Crippen LogP contribution in [0.15, 0.2) is 18.2 Å². The van der Waals surface area contributed by atoms with Gasteiger partial charge in [0.15, 0.2) is 0 Å². The summed E-state index contributed by atoms with van der Waals surface area (Å²) in [5.41, 5.74) is 5.90. The Morgan fingerprint density at radius 3 is 2.70 bits per heavy atom. The van der Waals surface area contributed by atoms with Crippen molar-refractivity contribution in [2.75, 3.05) is 18.5 Å². The smallest absolute Gasteiger partial charge is 0.274 e. The van der Waals surface area contributed by atoms with E-state index in [1.807, 2.05) is 0 Å². The molecule has 0 aromatic heterocycles. The first kappa shape index (κ1) is 14.4. The standard InChI is InChI=1S/C13H17N3O4/c1-9-10(3-2-4-11(9)16(18)19)15-12(17)13(14)5-7-20-8-6-13/h2-4H,5-8,14H2,1H3,(H,15,17). The highest BCUT2D eigenvalue weighted by Gasteiger charge is 2.36. The van der Waals surface area contributed by atoms with E-state index in [1.54, 1.807) is 13.0 Å². The lowest BCUT2D eigenvalue weighted by Crippen LogP contribution is -2.54. The predicted octanol–water partition coefficient (Wildman–Crippen LogP) is 1.35. The van der Waals surface area contributed by atoms with Crippen LogP contribution in [0.2, 0.25) is 0 Å². The fourth-order valence-electron chi connectivity index (χ4n) is 2.17. The van der Waals surface area contributed by atoms with Crippen molar-refractivity contribution >= 4 is 17.3 Å². The van der Waals surface area contributed by atoms with Crippen LogP contribution in [0.5, 0.6) is 0 Å². The van der Waals surface area contributed by atoms with Gasteiger partial charge >= 0.3 is 0 Å². The Bertz CT molecular complexity index is 538. The molecule has 2 rings (SSSR count). The molecule has 0 aliphatic carbocycles. The van der Waals surface area contributed by atoms with Gasteiger partial charge in [-0.2, -0.15) is 0 Å². The number of nitrogens with one attached hydrogen (secondary N) is 1. The molecule has 7 nitrogen and oxygen atoms in total. The number of nitro groups is 1. The Hall–Kier alpha value is -1.99. The van der Waals surface area contributed by atoms with Crippen molar-refractivity contribution in [1.29, 1.82) is 0 Å². The first-order valence-corrected chi connectivity index (χ1v) is 6.36. The van der Waals surface area contributed by atoms with Crippen molar-refractivity contribution in [3.05, 3.63) is 33.9 Å². The molecule has 1 amide bonds. The molecule has 1 aliphatic rings. The van der Waals surface area contributed by atoms with Gasteiger partial charge in [-0.25, -0.2) is 0 Å². The molecule has 3 N–H and O–H groups in total. The van der Waals surface area contributed by atoms with Crippen LogP contribution in [0, 0.1) is 17.0 Å². The molecule has 1 aromatic carbocycles. The minimum Gasteiger partial charge on any atom is -0.381 e. The number of nitro benzene ring substituents is 1. The monoisotopic (exact) mass is 279 g/mol. The maximum Gasteiger partial charge on any atom is 0.274 e. The fraction of sp³-hybridized carbons (Fsp3) is 0.462. The molecule has 0 atom stereocenters. The molecular weight excluding hydrogens is 262 g/mol. The van der Waals surface area contributed by atoms with Gasteiger partial charge in [0.1, 0.15) is 5.54 Å². The summed E-state index contributed by atoms with van der Waals surface area (Å²) in [6.45, 7) is 2.48. The SMILES string of the molecule is Cc1c(NC(=O)C2(N)CCOCC2)cccc1[N+](=O)[O-]. The quantitative estimate of drug-likeness (QED) is 0.641. The van der Waals surface area contributed by atoms with Crippen molar-refractivity contribution in [2.45, 2.75) is 25.3 Å². The molecular formula is C13H17N3O4. The minimum atomic E-state index is -0.977. The number of anilines is 1. The fourth-order valence-corrected chi connectivity index (χ4v) is 2.17. The van der Waals surface area contributed by atoms with E-state index in [2.05, 4.69) is 5.32 Å². The van der Waals surface area contributed by atoms with Crippen molar-refractivity contribution in [1.82, 2.24) is 0 Å².